The zero-order valence-corrected chi connectivity index (χ0v) is 14.4. The van der Waals surface area contributed by atoms with Crippen molar-refractivity contribution in [2.75, 3.05) is 32.6 Å². The molecule has 23 heavy (non-hydrogen) atoms. The smallest absolute Gasteiger partial charge is 0.211 e. The van der Waals surface area contributed by atoms with E-state index in [9.17, 15) is 8.42 Å². The molecule has 2 heterocycles. The molecular weight excluding hydrogens is 316 g/mol. The van der Waals surface area contributed by atoms with Crippen LogP contribution in [-0.4, -0.2) is 51.3 Å². The molecule has 0 aliphatic carbocycles. The van der Waals surface area contributed by atoms with Gasteiger partial charge in [0.15, 0.2) is 11.5 Å². The Balaban J connectivity index is 1.61. The van der Waals surface area contributed by atoms with Crippen molar-refractivity contribution in [1.29, 1.82) is 0 Å². The fourth-order valence-electron chi connectivity index (χ4n) is 3.23. The average molecular weight is 340 g/mol. The molecule has 0 bridgehead atoms. The minimum Gasteiger partial charge on any atom is -0.486 e. The number of piperidine rings is 1. The predicted octanol–water partition coefficient (Wildman–Crippen LogP) is 1.22. The van der Waals surface area contributed by atoms with Gasteiger partial charge >= 0.3 is 0 Å². The monoisotopic (exact) mass is 340 g/mol. The summed E-state index contributed by atoms with van der Waals surface area (Å²) in [6.07, 6.45) is 2.10. The molecule has 1 N–H and O–H groups in total. The molecule has 0 radical (unpaired) electrons. The predicted molar refractivity (Wildman–Crippen MR) is 88.3 cm³/mol. The molecule has 1 fully saturated rings. The molecule has 0 amide bonds. The Bertz CT molecular complexity index is 662. The lowest BCUT2D eigenvalue weighted by Gasteiger charge is -2.36. The Morgan fingerprint density at radius 2 is 2.09 bits per heavy atom. The summed E-state index contributed by atoms with van der Waals surface area (Å²) in [6, 6.07) is 6.23. The second-order valence-corrected chi connectivity index (χ2v) is 8.30. The molecule has 0 aromatic heterocycles. The standard InChI is InChI=1S/C16H24N2O4S/c1-12-11-18(23(2,19)20)7-6-14(12)17-10-13-4-3-5-15-16(13)22-9-8-21-15/h3-5,12,14,17H,6-11H2,1-2H3/t12-,14-/m1/s1. The molecule has 0 saturated carbocycles. The van der Waals surface area contributed by atoms with Gasteiger partial charge in [-0.05, 0) is 18.4 Å². The number of nitrogens with one attached hydrogen (secondary N) is 1. The molecule has 128 valence electrons. The van der Waals surface area contributed by atoms with E-state index in [0.29, 0.717) is 38.9 Å². The third kappa shape index (κ3) is 3.79. The zero-order chi connectivity index (χ0) is 16.4. The molecule has 1 aromatic carbocycles. The van der Waals surface area contributed by atoms with Crippen molar-refractivity contribution in [2.45, 2.75) is 25.9 Å². The van der Waals surface area contributed by atoms with Crippen molar-refractivity contribution in [3.63, 3.8) is 0 Å². The molecule has 1 aromatic rings. The van der Waals surface area contributed by atoms with Gasteiger partial charge in [0.1, 0.15) is 13.2 Å². The van der Waals surface area contributed by atoms with Gasteiger partial charge in [-0.3, -0.25) is 0 Å². The molecule has 1 saturated heterocycles. The van der Waals surface area contributed by atoms with Crippen LogP contribution in [0.25, 0.3) is 0 Å². The normalized spacial score (nSPS) is 25.3. The van der Waals surface area contributed by atoms with Gasteiger partial charge in [0.25, 0.3) is 0 Å². The largest absolute Gasteiger partial charge is 0.486 e. The highest BCUT2D eigenvalue weighted by Crippen LogP contribution is 2.33. The molecular formula is C16H24N2O4S. The maximum Gasteiger partial charge on any atom is 0.211 e. The molecule has 7 heteroatoms. The number of benzene rings is 1. The van der Waals surface area contributed by atoms with Gasteiger partial charge in [0.2, 0.25) is 10.0 Å². The number of hydrogen-bond donors (Lipinski definition) is 1. The van der Waals surface area contributed by atoms with Crippen LogP contribution < -0.4 is 14.8 Å². The van der Waals surface area contributed by atoms with Crippen LogP contribution in [-0.2, 0) is 16.6 Å². The van der Waals surface area contributed by atoms with Crippen LogP contribution in [0.4, 0.5) is 0 Å². The van der Waals surface area contributed by atoms with Gasteiger partial charge in [-0.15, -0.1) is 0 Å². The lowest BCUT2D eigenvalue weighted by atomic mass is 9.95. The van der Waals surface area contributed by atoms with Crippen molar-refractivity contribution >= 4 is 10.0 Å². The third-order valence-corrected chi connectivity index (χ3v) is 5.81. The first-order valence-corrected chi connectivity index (χ1v) is 9.86. The van der Waals surface area contributed by atoms with E-state index in [1.165, 1.54) is 6.26 Å². The highest BCUT2D eigenvalue weighted by atomic mass is 32.2. The van der Waals surface area contributed by atoms with Crippen LogP contribution in [0.5, 0.6) is 11.5 Å². The van der Waals surface area contributed by atoms with Crippen LogP contribution in [0.2, 0.25) is 0 Å². The number of hydrogen-bond acceptors (Lipinski definition) is 5. The molecule has 2 atom stereocenters. The number of sulfonamides is 1. The van der Waals surface area contributed by atoms with Crippen LogP contribution in [0.3, 0.4) is 0 Å². The number of fused-ring (bicyclic) bond motifs is 1. The van der Waals surface area contributed by atoms with E-state index in [0.717, 1.165) is 23.5 Å². The van der Waals surface area contributed by atoms with Gasteiger partial charge in [-0.2, -0.15) is 0 Å². The Labute approximate surface area is 137 Å². The minimum absolute atomic E-state index is 0.273. The first-order chi connectivity index (χ1) is 10.9. The van der Waals surface area contributed by atoms with E-state index in [-0.39, 0.29) is 5.92 Å². The quantitative estimate of drug-likeness (QED) is 0.892. The first-order valence-electron chi connectivity index (χ1n) is 8.01. The number of ether oxygens (including phenoxy) is 2. The molecule has 2 aliphatic heterocycles. The van der Waals surface area contributed by atoms with E-state index in [2.05, 4.69) is 12.2 Å². The Morgan fingerprint density at radius 3 is 2.83 bits per heavy atom. The first kappa shape index (κ1) is 16.5. The summed E-state index contributed by atoms with van der Waals surface area (Å²) in [6.45, 7) is 5.10. The van der Waals surface area contributed by atoms with Crippen molar-refractivity contribution in [2.24, 2.45) is 5.92 Å². The zero-order valence-electron chi connectivity index (χ0n) is 13.6. The molecule has 0 unspecified atom stereocenters. The lowest BCUT2D eigenvalue weighted by molar-refractivity contribution is 0.168. The number of rotatable bonds is 4. The fourth-order valence-corrected chi connectivity index (χ4v) is 4.17. The maximum atomic E-state index is 11.7. The van der Waals surface area contributed by atoms with Crippen LogP contribution in [0.1, 0.15) is 18.9 Å². The van der Waals surface area contributed by atoms with Crippen molar-refractivity contribution in [3.8, 4) is 11.5 Å². The van der Waals surface area contributed by atoms with Crippen molar-refractivity contribution < 1.29 is 17.9 Å². The average Bonchev–Trinajstić information content (AvgIpc) is 2.53. The van der Waals surface area contributed by atoms with Crippen molar-refractivity contribution in [3.05, 3.63) is 23.8 Å². The van der Waals surface area contributed by atoms with E-state index in [1.54, 1.807) is 4.31 Å². The topological polar surface area (TPSA) is 67.9 Å². The number of nitrogens with zero attached hydrogens (tertiary/aromatic N) is 1. The van der Waals surface area contributed by atoms with E-state index in [1.807, 2.05) is 18.2 Å². The van der Waals surface area contributed by atoms with Crippen LogP contribution in [0.15, 0.2) is 18.2 Å². The lowest BCUT2D eigenvalue weighted by Crippen LogP contribution is -2.49. The van der Waals surface area contributed by atoms with Gasteiger partial charge in [0, 0.05) is 31.2 Å². The minimum atomic E-state index is -3.09. The summed E-state index contributed by atoms with van der Waals surface area (Å²) in [5.74, 6) is 1.90. The summed E-state index contributed by atoms with van der Waals surface area (Å²) in [7, 11) is -3.09. The van der Waals surface area contributed by atoms with Crippen molar-refractivity contribution in [1.82, 2.24) is 9.62 Å². The van der Waals surface area contributed by atoms with Gasteiger partial charge in [-0.1, -0.05) is 19.1 Å². The Kier molecular flexibility index (Phi) is 4.79. The SMILES string of the molecule is C[C@@H]1CN(S(C)(=O)=O)CC[C@H]1NCc1cccc2c1OCCO2. The second kappa shape index (κ2) is 6.67. The molecule has 0 spiro atoms. The van der Waals surface area contributed by atoms with E-state index >= 15 is 0 Å². The molecule has 3 rings (SSSR count). The molecule has 6 nitrogen and oxygen atoms in total. The summed E-state index contributed by atoms with van der Waals surface area (Å²) >= 11 is 0. The summed E-state index contributed by atoms with van der Waals surface area (Å²) in [4.78, 5) is 0. The van der Waals surface area contributed by atoms with Gasteiger partial charge < -0.3 is 14.8 Å². The number of para-hydroxylation sites is 1. The Hall–Kier alpha value is -1.31. The third-order valence-electron chi connectivity index (χ3n) is 4.54. The van der Waals surface area contributed by atoms with Gasteiger partial charge in [0.05, 0.1) is 6.26 Å². The summed E-state index contributed by atoms with van der Waals surface area (Å²) in [5.41, 5.74) is 1.08. The highest BCUT2D eigenvalue weighted by molar-refractivity contribution is 7.88. The fraction of sp³-hybridized carbons (Fsp3) is 0.625. The highest BCUT2D eigenvalue weighted by Gasteiger charge is 2.30. The van der Waals surface area contributed by atoms with Crippen LogP contribution in [0, 0.1) is 5.92 Å². The molecule has 2 aliphatic rings. The second-order valence-electron chi connectivity index (χ2n) is 6.32. The van der Waals surface area contributed by atoms with E-state index < -0.39 is 10.0 Å². The van der Waals surface area contributed by atoms with E-state index in [4.69, 9.17) is 9.47 Å². The summed E-state index contributed by atoms with van der Waals surface area (Å²) in [5, 5.41) is 3.55. The Morgan fingerprint density at radius 1 is 1.30 bits per heavy atom. The maximum absolute atomic E-state index is 11.7. The van der Waals surface area contributed by atoms with Crippen LogP contribution >= 0.6 is 0 Å². The summed E-state index contributed by atoms with van der Waals surface area (Å²) < 4.78 is 36.2. The van der Waals surface area contributed by atoms with Gasteiger partial charge in [-0.25, -0.2) is 12.7 Å².